The molecule has 0 aliphatic carbocycles. The molecule has 2 heterocycles. The van der Waals surface area contributed by atoms with Gasteiger partial charge >= 0.3 is 0 Å². The zero-order valence-corrected chi connectivity index (χ0v) is 17.1. The van der Waals surface area contributed by atoms with Crippen molar-refractivity contribution in [3.63, 3.8) is 0 Å². The van der Waals surface area contributed by atoms with Gasteiger partial charge in [0, 0.05) is 23.9 Å². The van der Waals surface area contributed by atoms with E-state index in [1.807, 2.05) is 36.6 Å². The molecule has 2 aromatic carbocycles. The van der Waals surface area contributed by atoms with Crippen LogP contribution >= 0.6 is 11.3 Å². The van der Waals surface area contributed by atoms with Crippen molar-refractivity contribution >= 4 is 33.1 Å². The predicted octanol–water partition coefficient (Wildman–Crippen LogP) is 4.88. The minimum Gasteiger partial charge on any atom is -0.323 e. The van der Waals surface area contributed by atoms with Crippen LogP contribution in [0.2, 0.25) is 0 Å². The number of amides is 1. The van der Waals surface area contributed by atoms with Gasteiger partial charge in [0.2, 0.25) is 5.91 Å². The van der Waals surface area contributed by atoms with E-state index in [-0.39, 0.29) is 18.5 Å². The number of anilines is 1. The Morgan fingerprint density at radius 2 is 1.84 bits per heavy atom. The fourth-order valence-corrected chi connectivity index (χ4v) is 4.04. The number of rotatable bonds is 5. The van der Waals surface area contributed by atoms with Gasteiger partial charge in [-0.2, -0.15) is 0 Å². The normalized spacial score (nSPS) is 11.1. The van der Waals surface area contributed by atoms with Crippen molar-refractivity contribution in [3.05, 3.63) is 81.5 Å². The van der Waals surface area contributed by atoms with E-state index in [2.05, 4.69) is 10.3 Å². The van der Waals surface area contributed by atoms with E-state index in [0.29, 0.717) is 10.2 Å². The zero-order valence-electron chi connectivity index (χ0n) is 16.3. The molecule has 0 fully saturated rings. The minimum absolute atomic E-state index is 0.0118. The van der Waals surface area contributed by atoms with Crippen LogP contribution in [0.25, 0.3) is 21.3 Å². The number of aryl methyl sites for hydroxylation is 2. The summed E-state index contributed by atoms with van der Waals surface area (Å²) < 4.78 is 41.3. The Bertz CT molecular complexity index is 1350. The Balaban J connectivity index is 1.55. The number of carbonyl (C=O) groups excluding carboxylic acids is 1. The summed E-state index contributed by atoms with van der Waals surface area (Å²) in [6.45, 7) is 1.96. The van der Waals surface area contributed by atoms with Gasteiger partial charge in [0.25, 0.3) is 5.56 Å². The Hall–Kier alpha value is -3.46. The summed E-state index contributed by atoms with van der Waals surface area (Å²) >= 11 is 1.35. The molecule has 4 aromatic rings. The first-order valence-electron chi connectivity index (χ1n) is 9.32. The molecule has 0 spiro atoms. The van der Waals surface area contributed by atoms with Crippen molar-refractivity contribution in [2.45, 2.75) is 19.9 Å². The van der Waals surface area contributed by atoms with Crippen molar-refractivity contribution < 1.29 is 18.0 Å². The molecule has 0 saturated carbocycles. The quantitative estimate of drug-likeness (QED) is 0.447. The van der Waals surface area contributed by atoms with Gasteiger partial charge in [0.05, 0.1) is 17.4 Å². The van der Waals surface area contributed by atoms with Crippen LogP contribution < -0.4 is 10.9 Å². The molecule has 0 aliphatic rings. The molecule has 0 radical (unpaired) electrons. The number of fused-ring (bicyclic) bond motifs is 1. The molecule has 0 bridgehead atoms. The smallest absolute Gasteiger partial charge is 0.262 e. The van der Waals surface area contributed by atoms with E-state index in [4.69, 9.17) is 0 Å². The Morgan fingerprint density at radius 1 is 1.10 bits per heavy atom. The van der Waals surface area contributed by atoms with Crippen LogP contribution in [0.1, 0.15) is 12.0 Å². The van der Waals surface area contributed by atoms with Gasteiger partial charge in [0.15, 0.2) is 17.5 Å². The summed E-state index contributed by atoms with van der Waals surface area (Å²) in [7, 11) is 0. The fourth-order valence-electron chi connectivity index (χ4n) is 3.13. The van der Waals surface area contributed by atoms with Crippen molar-refractivity contribution in [2.75, 3.05) is 5.32 Å². The molecule has 31 heavy (non-hydrogen) atoms. The lowest BCUT2D eigenvalue weighted by molar-refractivity contribution is -0.116. The third-order valence-electron chi connectivity index (χ3n) is 4.81. The summed E-state index contributed by atoms with van der Waals surface area (Å²) in [5.74, 6) is -5.14. The van der Waals surface area contributed by atoms with Crippen molar-refractivity contribution in [1.29, 1.82) is 0 Å². The number of benzene rings is 2. The second-order valence-corrected chi connectivity index (χ2v) is 7.82. The first kappa shape index (κ1) is 20.8. The molecule has 0 aliphatic heterocycles. The van der Waals surface area contributed by atoms with Gasteiger partial charge in [-0.25, -0.2) is 18.2 Å². The first-order valence-corrected chi connectivity index (χ1v) is 10.2. The number of hydrogen-bond donors (Lipinski definition) is 1. The second-order valence-electron chi connectivity index (χ2n) is 6.96. The maximum Gasteiger partial charge on any atom is 0.262 e. The van der Waals surface area contributed by atoms with E-state index in [0.717, 1.165) is 28.8 Å². The van der Waals surface area contributed by atoms with Gasteiger partial charge in [-0.3, -0.25) is 14.2 Å². The highest BCUT2D eigenvalue weighted by Crippen LogP contribution is 2.30. The molecule has 0 atom stereocenters. The largest absolute Gasteiger partial charge is 0.323 e. The maximum absolute atomic E-state index is 13.7. The highest BCUT2D eigenvalue weighted by Gasteiger charge is 2.16. The molecule has 5 nitrogen and oxygen atoms in total. The van der Waals surface area contributed by atoms with Gasteiger partial charge in [-0.1, -0.05) is 29.8 Å². The van der Waals surface area contributed by atoms with Crippen molar-refractivity contribution in [1.82, 2.24) is 9.55 Å². The lowest BCUT2D eigenvalue weighted by Gasteiger charge is -2.09. The van der Waals surface area contributed by atoms with E-state index in [9.17, 15) is 22.8 Å². The van der Waals surface area contributed by atoms with Crippen LogP contribution in [-0.4, -0.2) is 15.5 Å². The molecule has 0 saturated heterocycles. The number of aromatic nitrogens is 2. The SMILES string of the molecule is Cc1ccc(-c2csc3ncn(CCC(=O)Nc4ccc(F)c(F)c4F)c(=O)c23)cc1. The molecule has 4 rings (SSSR count). The molecule has 1 N–H and O–H groups in total. The van der Waals surface area contributed by atoms with E-state index in [1.54, 1.807) is 0 Å². The van der Waals surface area contributed by atoms with E-state index in [1.165, 1.54) is 22.2 Å². The monoisotopic (exact) mass is 443 g/mol. The van der Waals surface area contributed by atoms with Gasteiger partial charge < -0.3 is 5.32 Å². The number of hydrogen-bond acceptors (Lipinski definition) is 4. The summed E-state index contributed by atoms with van der Waals surface area (Å²) in [4.78, 5) is 30.0. The first-order chi connectivity index (χ1) is 14.8. The van der Waals surface area contributed by atoms with E-state index >= 15 is 0 Å². The molecular formula is C22H16F3N3O2S. The molecule has 1 amide bonds. The third kappa shape index (κ3) is 4.09. The maximum atomic E-state index is 13.7. The number of nitrogens with zero attached hydrogens (tertiary/aromatic N) is 2. The molecule has 9 heteroatoms. The fraction of sp³-hybridized carbons (Fsp3) is 0.136. The summed E-state index contributed by atoms with van der Waals surface area (Å²) in [5, 5.41) is 4.52. The number of halogens is 3. The average molecular weight is 443 g/mol. The topological polar surface area (TPSA) is 64.0 Å². The lowest BCUT2D eigenvalue weighted by atomic mass is 10.1. The lowest BCUT2D eigenvalue weighted by Crippen LogP contribution is -2.23. The van der Waals surface area contributed by atoms with Crippen LogP contribution in [0.4, 0.5) is 18.9 Å². The van der Waals surface area contributed by atoms with Crippen molar-refractivity contribution in [3.8, 4) is 11.1 Å². The number of carbonyl (C=O) groups is 1. The molecule has 158 valence electrons. The standard InChI is InChI=1S/C22H16F3N3O2S/c1-12-2-4-13(5-3-12)14-10-31-21-18(14)22(30)28(11-26-21)9-8-17(29)27-16-7-6-15(23)19(24)20(16)25/h2-7,10-11H,8-9H2,1H3,(H,27,29). The van der Waals surface area contributed by atoms with Gasteiger partial charge in [0.1, 0.15) is 4.83 Å². The van der Waals surface area contributed by atoms with E-state index < -0.39 is 29.0 Å². The van der Waals surface area contributed by atoms with Crippen LogP contribution in [0.3, 0.4) is 0 Å². The number of thiophene rings is 1. The Kier molecular flexibility index (Phi) is 5.60. The Labute approximate surface area is 178 Å². The summed E-state index contributed by atoms with van der Waals surface area (Å²) in [6.07, 6.45) is 1.17. The highest BCUT2D eigenvalue weighted by atomic mass is 32.1. The van der Waals surface area contributed by atoms with Gasteiger partial charge in [-0.15, -0.1) is 11.3 Å². The third-order valence-corrected chi connectivity index (χ3v) is 5.70. The highest BCUT2D eigenvalue weighted by molar-refractivity contribution is 7.17. The van der Waals surface area contributed by atoms with Gasteiger partial charge in [-0.05, 0) is 24.6 Å². The molecule has 2 aromatic heterocycles. The van der Waals surface area contributed by atoms with Crippen LogP contribution in [0.5, 0.6) is 0 Å². The minimum atomic E-state index is -1.66. The molecular weight excluding hydrogens is 427 g/mol. The summed E-state index contributed by atoms with van der Waals surface area (Å²) in [6, 6.07) is 9.42. The second kappa shape index (κ2) is 8.35. The Morgan fingerprint density at radius 3 is 2.58 bits per heavy atom. The molecule has 0 unspecified atom stereocenters. The zero-order chi connectivity index (χ0) is 22.1. The average Bonchev–Trinajstić information content (AvgIpc) is 3.19. The predicted molar refractivity (Wildman–Crippen MR) is 114 cm³/mol. The number of nitrogens with one attached hydrogen (secondary N) is 1. The van der Waals surface area contributed by atoms with Crippen molar-refractivity contribution in [2.24, 2.45) is 0 Å². The van der Waals surface area contributed by atoms with Crippen LogP contribution in [0, 0.1) is 24.4 Å². The van der Waals surface area contributed by atoms with Crippen LogP contribution in [-0.2, 0) is 11.3 Å². The summed E-state index contributed by atoms with van der Waals surface area (Å²) in [5.41, 5.74) is 1.99. The van der Waals surface area contributed by atoms with Crippen LogP contribution in [0.15, 0.2) is 52.9 Å².